The maximum Gasteiger partial charge on any atom is 0.119 e. The van der Waals surface area contributed by atoms with E-state index in [0.29, 0.717) is 89.6 Å². The summed E-state index contributed by atoms with van der Waals surface area (Å²) >= 11 is 25.5. The van der Waals surface area contributed by atoms with Crippen molar-refractivity contribution in [1.82, 2.24) is 0 Å². The topological polar surface area (TPSA) is 361 Å². The van der Waals surface area contributed by atoms with Crippen molar-refractivity contribution >= 4 is 46.4 Å². The van der Waals surface area contributed by atoms with Crippen LogP contribution in [-0.4, -0.2) is 207 Å². The molecule has 16 N–H and O–H groups in total. The SMILES string of the molecule is CCOc1ccc(Cc2cc([C@@H]3C=C(CO)[C@@H](O)[C@H](O)[C@H]3O)ccc2Cl)cc1.CCOc1ccc(Cc2cc([C@@H]3C[C@@H](CO)[C@@H](O)[C@H](O)[C@H]3O)ccc2Cl)cc1.CCOc1ccc(Cc2cc([C@@H]3C[C@H](CO)[C@@H](O)[C@H](O)[C@H]3O)ccc2Cl)cc1.Cc1ccc(Cc2cc([C@@H]3O[C@H](CO)[C@@H](O)[C@H](O)[C@H]3O)ccc2Cl)cc1. The third-order valence-corrected chi connectivity index (χ3v) is 22.4. The van der Waals surface area contributed by atoms with Crippen LogP contribution < -0.4 is 14.2 Å². The lowest BCUT2D eigenvalue weighted by molar-refractivity contribution is -0.231. The number of benzene rings is 8. The highest BCUT2D eigenvalue weighted by Crippen LogP contribution is 2.42. The molecule has 0 unspecified atom stereocenters. The molecular formula is C86H102Cl4O20. The van der Waals surface area contributed by atoms with Crippen LogP contribution in [0.4, 0.5) is 0 Å². The lowest BCUT2D eigenvalue weighted by Gasteiger charge is -2.40. The highest BCUT2D eigenvalue weighted by atomic mass is 35.5. The molecule has 12 rings (SSSR count). The van der Waals surface area contributed by atoms with Gasteiger partial charge in [-0.05, 0) is 199 Å². The van der Waals surface area contributed by atoms with Gasteiger partial charge >= 0.3 is 0 Å². The average molecular weight is 1600 g/mol. The van der Waals surface area contributed by atoms with Crippen LogP contribution in [0, 0.1) is 18.8 Å². The van der Waals surface area contributed by atoms with Gasteiger partial charge in [0, 0.05) is 62.9 Å². The molecule has 8 aromatic carbocycles. The van der Waals surface area contributed by atoms with Gasteiger partial charge in [-0.1, -0.05) is 167 Å². The largest absolute Gasteiger partial charge is 0.494 e. The third kappa shape index (κ3) is 22.2. The van der Waals surface area contributed by atoms with E-state index < -0.39 is 110 Å². The third-order valence-electron chi connectivity index (χ3n) is 20.9. The summed E-state index contributed by atoms with van der Waals surface area (Å²) in [5, 5.41) is 162. The van der Waals surface area contributed by atoms with Crippen LogP contribution in [0.25, 0.3) is 0 Å². The van der Waals surface area contributed by atoms with Crippen molar-refractivity contribution in [1.29, 1.82) is 0 Å². The van der Waals surface area contributed by atoms with E-state index in [2.05, 4.69) is 0 Å². The number of rotatable bonds is 22. The zero-order valence-corrected chi connectivity index (χ0v) is 64.7. The average Bonchev–Trinajstić information content (AvgIpc) is 0.805. The first-order valence-electron chi connectivity index (χ1n) is 37.0. The van der Waals surface area contributed by atoms with Gasteiger partial charge < -0.3 is 101 Å². The Bertz CT molecular complexity index is 4070. The van der Waals surface area contributed by atoms with Crippen molar-refractivity contribution in [2.24, 2.45) is 11.8 Å². The molecule has 1 saturated heterocycles. The number of aryl methyl sites for hydroxylation is 1. The molecule has 8 aromatic rings. The van der Waals surface area contributed by atoms with Crippen LogP contribution in [-0.2, 0) is 30.4 Å². The fraction of sp³-hybridized carbons (Fsp3) is 0.419. The molecule has 4 aliphatic rings. The smallest absolute Gasteiger partial charge is 0.119 e. The number of aliphatic hydroxyl groups is 16. The van der Waals surface area contributed by atoms with Gasteiger partial charge in [-0.3, -0.25) is 0 Å². The van der Waals surface area contributed by atoms with Crippen LogP contribution in [0.2, 0.25) is 20.1 Å². The van der Waals surface area contributed by atoms with E-state index in [0.717, 1.165) is 78.4 Å². The Morgan fingerprint density at radius 3 is 1.05 bits per heavy atom. The van der Waals surface area contributed by atoms with E-state index in [9.17, 15) is 81.7 Å². The number of hydrogen-bond donors (Lipinski definition) is 16. The zero-order chi connectivity index (χ0) is 79.6. The van der Waals surface area contributed by atoms with E-state index >= 15 is 0 Å². The molecular weight excluding hydrogens is 1490 g/mol. The monoisotopic (exact) mass is 1590 g/mol. The molecule has 0 radical (unpaired) electrons. The molecule has 1 aliphatic heterocycles. The predicted octanol–water partition coefficient (Wildman–Crippen LogP) is 9.20. The lowest BCUT2D eigenvalue weighted by atomic mass is 9.73. The number of hydrogen-bond acceptors (Lipinski definition) is 20. The first kappa shape index (κ1) is 87.3. The van der Waals surface area contributed by atoms with Crippen molar-refractivity contribution in [3.05, 3.63) is 274 Å². The van der Waals surface area contributed by atoms with Crippen molar-refractivity contribution in [3.63, 3.8) is 0 Å². The molecule has 0 bridgehead atoms. The quantitative estimate of drug-likeness (QED) is 0.0281. The minimum atomic E-state index is -1.40. The van der Waals surface area contributed by atoms with Crippen LogP contribution in [0.15, 0.2) is 182 Å². The highest BCUT2D eigenvalue weighted by Gasteiger charge is 2.46. The van der Waals surface area contributed by atoms with Crippen molar-refractivity contribution in [2.45, 2.75) is 169 Å². The number of aliphatic hydroxyl groups excluding tert-OH is 16. The molecule has 594 valence electrons. The molecule has 110 heavy (non-hydrogen) atoms. The van der Waals surface area contributed by atoms with Crippen molar-refractivity contribution in [3.8, 4) is 17.2 Å². The van der Waals surface area contributed by atoms with Gasteiger partial charge in [0.2, 0.25) is 0 Å². The van der Waals surface area contributed by atoms with Gasteiger partial charge in [-0.2, -0.15) is 0 Å². The first-order valence-corrected chi connectivity index (χ1v) is 38.5. The summed E-state index contributed by atoms with van der Waals surface area (Å²) in [5.74, 6) is 0.182. The van der Waals surface area contributed by atoms with E-state index in [1.807, 2.05) is 161 Å². The van der Waals surface area contributed by atoms with Crippen LogP contribution in [0.3, 0.4) is 0 Å². The molecule has 2 saturated carbocycles. The van der Waals surface area contributed by atoms with Gasteiger partial charge in [0.05, 0.1) is 63.6 Å². The molecule has 24 heteroatoms. The van der Waals surface area contributed by atoms with Gasteiger partial charge in [0.25, 0.3) is 0 Å². The van der Waals surface area contributed by atoms with Gasteiger partial charge in [0.15, 0.2) is 0 Å². The minimum Gasteiger partial charge on any atom is -0.494 e. The first-order chi connectivity index (χ1) is 52.7. The Labute approximate surface area is 661 Å². The second-order valence-corrected chi connectivity index (χ2v) is 30.1. The molecule has 3 aliphatic carbocycles. The molecule has 19 atom stereocenters. The Kier molecular flexibility index (Phi) is 32.9. The molecule has 0 aromatic heterocycles. The fourth-order valence-corrected chi connectivity index (χ4v) is 15.2. The summed E-state index contributed by atoms with van der Waals surface area (Å²) in [7, 11) is 0. The molecule has 20 nitrogen and oxygen atoms in total. The maximum absolute atomic E-state index is 10.5. The lowest BCUT2D eigenvalue weighted by Crippen LogP contribution is -2.55. The number of ether oxygens (including phenoxy) is 4. The summed E-state index contributed by atoms with van der Waals surface area (Å²) in [6.45, 7) is 8.37. The van der Waals surface area contributed by atoms with E-state index in [-0.39, 0.29) is 31.7 Å². The highest BCUT2D eigenvalue weighted by molar-refractivity contribution is 6.32. The molecule has 0 amide bonds. The Morgan fingerprint density at radius 2 is 0.691 bits per heavy atom. The molecule has 0 spiro atoms. The summed E-state index contributed by atoms with van der Waals surface area (Å²) in [6.07, 6.45) is -11.9. The molecule has 1 heterocycles. The van der Waals surface area contributed by atoms with Gasteiger partial charge in [-0.25, -0.2) is 0 Å². The van der Waals surface area contributed by atoms with Gasteiger partial charge in [0.1, 0.15) is 72.2 Å². The normalized spacial score (nSPS) is 27.2. The Hall–Kier alpha value is -6.62. The second kappa shape index (κ2) is 41.4. The van der Waals surface area contributed by atoms with E-state index in [4.69, 9.17) is 65.4 Å². The van der Waals surface area contributed by atoms with E-state index in [1.165, 1.54) is 5.56 Å². The van der Waals surface area contributed by atoms with Crippen molar-refractivity contribution < 1.29 is 101 Å². The summed E-state index contributed by atoms with van der Waals surface area (Å²) in [6, 6.07) is 53.4. The zero-order valence-electron chi connectivity index (χ0n) is 61.7. The van der Waals surface area contributed by atoms with Crippen LogP contribution >= 0.6 is 46.4 Å². The van der Waals surface area contributed by atoms with Crippen LogP contribution in [0.1, 0.15) is 130 Å². The van der Waals surface area contributed by atoms with Gasteiger partial charge in [-0.15, -0.1) is 0 Å². The van der Waals surface area contributed by atoms with E-state index in [1.54, 1.807) is 42.5 Å². The minimum absolute atomic E-state index is 0.242. The standard InChI is InChI=1S/2C22H27ClO5.C22H25ClO5.C20H23ClO5/c3*1-2-28-17-6-3-13(4-7-17)9-15-10-14(5-8-19(15)23)18-11-16(12-24)20(25)22(27)21(18)26;1-11-2-4-12(5-3-11)8-14-9-13(6-7-15(14)21)20-19(25)18(24)17(23)16(10-22)26-20/h2*3-8,10,16,18,20-22,24-27H,2,9,11-12H2,1H3;3-8,10-11,18,20-22,24-27H,2,9,12H2,1H3;2-7,9,16-20,22-25H,8,10H2,1H3/t16-,18+,20-,21+,22+;16-,18-,20+,21-,22-;18-,20+,21-,22-;16-,17-,18+,19-,20+/m1001/s1. The maximum atomic E-state index is 10.5. The Morgan fingerprint density at radius 1 is 0.355 bits per heavy atom. The molecule has 3 fully saturated rings. The van der Waals surface area contributed by atoms with Crippen LogP contribution in [0.5, 0.6) is 17.2 Å². The second-order valence-electron chi connectivity index (χ2n) is 28.4. The van der Waals surface area contributed by atoms with Crippen molar-refractivity contribution in [2.75, 3.05) is 46.2 Å². The Balaban J connectivity index is 0.000000169. The predicted molar refractivity (Wildman–Crippen MR) is 422 cm³/mol. The number of halogens is 4. The summed E-state index contributed by atoms with van der Waals surface area (Å²) < 4.78 is 22.0. The fourth-order valence-electron chi connectivity index (χ4n) is 14.5. The summed E-state index contributed by atoms with van der Waals surface area (Å²) in [5.41, 5.74) is 12.4. The summed E-state index contributed by atoms with van der Waals surface area (Å²) in [4.78, 5) is 0.